The number of aryl methyl sites for hydroxylation is 1. The molecule has 1 heterocycles. The Labute approximate surface area is 123 Å². The summed E-state index contributed by atoms with van der Waals surface area (Å²) in [5.41, 5.74) is 1.36. The highest BCUT2D eigenvalue weighted by Crippen LogP contribution is 2.21. The second kappa shape index (κ2) is 5.48. The van der Waals surface area contributed by atoms with Crippen molar-refractivity contribution in [2.24, 2.45) is 7.05 Å². The van der Waals surface area contributed by atoms with E-state index in [0.717, 1.165) is 5.56 Å². The van der Waals surface area contributed by atoms with Crippen molar-refractivity contribution in [2.75, 3.05) is 4.72 Å². The first-order valence-corrected chi connectivity index (χ1v) is 7.98. The smallest absolute Gasteiger partial charge is 0.278 e. The van der Waals surface area contributed by atoms with Crippen LogP contribution in [0.1, 0.15) is 5.56 Å². The van der Waals surface area contributed by atoms with Crippen LogP contribution >= 0.6 is 27.5 Å². The molecule has 0 aliphatic rings. The molecule has 1 aromatic carbocycles. The van der Waals surface area contributed by atoms with Crippen molar-refractivity contribution in [2.45, 2.75) is 10.9 Å². The first kappa shape index (κ1) is 14.3. The molecule has 0 radical (unpaired) electrons. The van der Waals surface area contributed by atoms with E-state index in [2.05, 4.69) is 31.0 Å². The van der Waals surface area contributed by atoms with Gasteiger partial charge in [-0.1, -0.05) is 17.3 Å². The van der Waals surface area contributed by atoms with Crippen molar-refractivity contribution < 1.29 is 8.42 Å². The molecule has 0 atom stereocenters. The summed E-state index contributed by atoms with van der Waals surface area (Å²) in [6.07, 6.45) is 0. The number of sulfonamides is 1. The van der Waals surface area contributed by atoms with Crippen LogP contribution in [0.25, 0.3) is 0 Å². The Bertz CT molecular complexity index is 665. The Hall–Kier alpha value is -1.12. The zero-order valence-electron chi connectivity index (χ0n) is 9.84. The summed E-state index contributed by atoms with van der Waals surface area (Å²) in [4.78, 5) is 0. The van der Waals surface area contributed by atoms with Gasteiger partial charge in [-0.25, -0.2) is 4.68 Å². The molecule has 0 aliphatic heterocycles. The molecule has 1 N–H and O–H groups in total. The van der Waals surface area contributed by atoms with Crippen LogP contribution in [-0.4, -0.2) is 23.4 Å². The predicted octanol–water partition coefficient (Wildman–Crippen LogP) is 2.12. The van der Waals surface area contributed by atoms with E-state index in [-0.39, 0.29) is 9.63 Å². The van der Waals surface area contributed by atoms with Crippen molar-refractivity contribution in [3.05, 3.63) is 34.4 Å². The average molecular weight is 366 g/mol. The maximum Gasteiger partial charge on any atom is 0.281 e. The fraction of sp³-hybridized carbons (Fsp3) is 0.200. The van der Waals surface area contributed by atoms with E-state index in [0.29, 0.717) is 11.6 Å². The van der Waals surface area contributed by atoms with Gasteiger partial charge in [-0.2, -0.15) is 8.42 Å². The van der Waals surface area contributed by atoms with Crippen LogP contribution in [0.4, 0.5) is 5.69 Å². The lowest BCUT2D eigenvalue weighted by Gasteiger charge is -2.08. The molecular weight excluding hydrogens is 356 g/mol. The van der Waals surface area contributed by atoms with E-state index in [1.165, 1.54) is 11.7 Å². The van der Waals surface area contributed by atoms with Gasteiger partial charge in [0.1, 0.15) is 0 Å². The summed E-state index contributed by atoms with van der Waals surface area (Å²) >= 11 is 8.73. The monoisotopic (exact) mass is 364 g/mol. The molecule has 0 amide bonds. The fourth-order valence-corrected chi connectivity index (χ4v) is 3.81. The lowest BCUT2D eigenvalue weighted by atomic mass is 10.2. The number of aromatic nitrogens is 3. The fourth-order valence-electron chi connectivity index (χ4n) is 1.47. The quantitative estimate of drug-likeness (QED) is 0.842. The van der Waals surface area contributed by atoms with Crippen LogP contribution < -0.4 is 4.72 Å². The van der Waals surface area contributed by atoms with Crippen molar-refractivity contribution in [3.63, 3.8) is 0 Å². The van der Waals surface area contributed by atoms with Gasteiger partial charge >= 0.3 is 0 Å². The van der Waals surface area contributed by atoms with E-state index in [1.54, 1.807) is 24.3 Å². The largest absolute Gasteiger partial charge is 0.281 e. The number of alkyl halides is 1. The average Bonchev–Trinajstić information content (AvgIpc) is 2.70. The van der Waals surface area contributed by atoms with Crippen LogP contribution in [0, 0.1) is 0 Å². The van der Waals surface area contributed by atoms with Gasteiger partial charge in [-0.05, 0) is 33.6 Å². The summed E-state index contributed by atoms with van der Waals surface area (Å²) in [6.45, 7) is 0. The van der Waals surface area contributed by atoms with E-state index < -0.39 is 10.0 Å². The van der Waals surface area contributed by atoms with Crippen LogP contribution in [-0.2, 0) is 23.0 Å². The number of hydrogen-bond acceptors (Lipinski definition) is 4. The van der Waals surface area contributed by atoms with Gasteiger partial charge in [0, 0.05) is 18.6 Å². The van der Waals surface area contributed by atoms with Crippen LogP contribution in [0.15, 0.2) is 33.9 Å². The maximum absolute atomic E-state index is 12.2. The zero-order chi connectivity index (χ0) is 14.0. The third-order valence-corrected chi connectivity index (χ3v) is 4.93. The molecule has 6 nitrogen and oxygen atoms in total. The first-order chi connectivity index (χ1) is 8.94. The van der Waals surface area contributed by atoms with Crippen molar-refractivity contribution >= 4 is 43.2 Å². The third-order valence-electron chi connectivity index (χ3n) is 2.35. The topological polar surface area (TPSA) is 76.9 Å². The second-order valence-corrected chi connectivity index (χ2v) is 6.36. The van der Waals surface area contributed by atoms with Crippen LogP contribution in [0.3, 0.4) is 0 Å². The van der Waals surface area contributed by atoms with Gasteiger partial charge in [-0.3, -0.25) is 4.72 Å². The van der Waals surface area contributed by atoms with E-state index >= 15 is 0 Å². The lowest BCUT2D eigenvalue weighted by molar-refractivity contribution is 0.578. The third kappa shape index (κ3) is 3.07. The highest BCUT2D eigenvalue weighted by atomic mass is 79.9. The Morgan fingerprint density at radius 3 is 2.47 bits per heavy atom. The number of benzene rings is 1. The number of rotatable bonds is 4. The van der Waals surface area contributed by atoms with Crippen molar-refractivity contribution in [1.29, 1.82) is 0 Å². The molecular formula is C10H10BrClN4O2S. The number of hydrogen-bond donors (Lipinski definition) is 1. The Balaban J connectivity index is 2.31. The van der Waals surface area contributed by atoms with Gasteiger partial charge < -0.3 is 0 Å². The highest BCUT2D eigenvalue weighted by Gasteiger charge is 2.23. The number of nitrogens with one attached hydrogen (secondary N) is 1. The molecule has 9 heteroatoms. The van der Waals surface area contributed by atoms with Crippen molar-refractivity contribution in [1.82, 2.24) is 15.0 Å². The molecule has 1 aromatic heterocycles. The molecule has 0 unspecified atom stereocenters. The van der Waals surface area contributed by atoms with Gasteiger partial charge in [-0.15, -0.1) is 16.7 Å². The minimum Gasteiger partial charge on any atom is -0.278 e. The molecule has 0 saturated carbocycles. The Morgan fingerprint density at radius 1 is 1.37 bits per heavy atom. The summed E-state index contributed by atoms with van der Waals surface area (Å²) in [7, 11) is -2.24. The molecule has 0 bridgehead atoms. The molecule has 2 rings (SSSR count). The Kier molecular flexibility index (Phi) is 4.12. The molecule has 0 fully saturated rings. The van der Waals surface area contributed by atoms with Crippen molar-refractivity contribution in [3.8, 4) is 0 Å². The number of nitrogens with zero attached hydrogens (tertiary/aromatic N) is 3. The van der Waals surface area contributed by atoms with Gasteiger partial charge in [0.25, 0.3) is 10.0 Å². The minimum atomic E-state index is -3.74. The summed E-state index contributed by atoms with van der Waals surface area (Å²) in [5.74, 6) is 0.379. The first-order valence-electron chi connectivity index (χ1n) is 5.17. The normalized spacial score (nSPS) is 11.5. The summed E-state index contributed by atoms with van der Waals surface area (Å²) in [5, 5.41) is 7.25. The molecule has 102 valence electrons. The molecule has 19 heavy (non-hydrogen) atoms. The van der Waals surface area contributed by atoms with E-state index in [9.17, 15) is 8.42 Å². The van der Waals surface area contributed by atoms with Gasteiger partial charge in [0.15, 0.2) is 4.60 Å². The summed E-state index contributed by atoms with van der Waals surface area (Å²) < 4.78 is 28.2. The van der Waals surface area contributed by atoms with E-state index in [1.807, 2.05) is 0 Å². The SMILES string of the molecule is Cn1nnc(Br)c1S(=O)(=O)Nc1ccc(CCl)cc1. The van der Waals surface area contributed by atoms with Crippen LogP contribution in [0.5, 0.6) is 0 Å². The predicted molar refractivity (Wildman–Crippen MR) is 75.5 cm³/mol. The molecule has 0 spiro atoms. The maximum atomic E-state index is 12.2. The minimum absolute atomic E-state index is 0.0334. The lowest BCUT2D eigenvalue weighted by Crippen LogP contribution is -2.17. The van der Waals surface area contributed by atoms with Crippen LogP contribution in [0.2, 0.25) is 0 Å². The summed E-state index contributed by atoms with van der Waals surface area (Å²) in [6, 6.07) is 6.79. The molecule has 2 aromatic rings. The molecule has 0 aliphatic carbocycles. The number of halogens is 2. The number of anilines is 1. The van der Waals surface area contributed by atoms with E-state index in [4.69, 9.17) is 11.6 Å². The molecule has 0 saturated heterocycles. The second-order valence-electron chi connectivity index (χ2n) is 3.75. The standard InChI is InChI=1S/C10H10BrClN4O2S/c1-16-10(9(11)13-15-16)19(17,18)14-8-4-2-7(6-12)3-5-8/h2-5,14H,6H2,1H3. The van der Waals surface area contributed by atoms with Gasteiger partial charge in [0.05, 0.1) is 0 Å². The van der Waals surface area contributed by atoms with Gasteiger partial charge in [0.2, 0.25) is 5.03 Å². The zero-order valence-corrected chi connectivity index (χ0v) is 13.0. The Morgan fingerprint density at radius 2 is 2.00 bits per heavy atom. The highest BCUT2D eigenvalue weighted by molar-refractivity contribution is 9.10.